The number of anilines is 1. The van der Waals surface area contributed by atoms with Crippen molar-refractivity contribution < 1.29 is 18.0 Å². The van der Waals surface area contributed by atoms with Crippen molar-refractivity contribution in [2.45, 2.75) is 6.18 Å². The number of benzene rings is 2. The molecule has 7 heteroatoms. The van der Waals surface area contributed by atoms with Gasteiger partial charge in [-0.25, -0.2) is 4.99 Å². The Morgan fingerprint density at radius 1 is 1.13 bits per heavy atom. The summed E-state index contributed by atoms with van der Waals surface area (Å²) in [5.41, 5.74) is 0.444. The Bertz CT molecular complexity index is 879. The molecule has 2 aromatic rings. The van der Waals surface area contributed by atoms with Gasteiger partial charge in [-0.3, -0.25) is 4.79 Å². The van der Waals surface area contributed by atoms with Gasteiger partial charge in [0.05, 0.1) is 28.6 Å². The lowest BCUT2D eigenvalue weighted by atomic mass is 10.1. The highest BCUT2D eigenvalue weighted by atomic mass is 19.4. The maximum absolute atomic E-state index is 12.7. The van der Waals surface area contributed by atoms with Gasteiger partial charge >= 0.3 is 6.18 Å². The van der Waals surface area contributed by atoms with Gasteiger partial charge in [-0.05, 0) is 36.4 Å². The maximum Gasteiger partial charge on any atom is 0.416 e. The number of carbonyl (C=O) groups excluding carboxylic acids is 1. The van der Waals surface area contributed by atoms with Crippen LogP contribution in [-0.4, -0.2) is 11.6 Å². The van der Waals surface area contributed by atoms with Crippen molar-refractivity contribution in [2.24, 2.45) is 4.99 Å². The standard InChI is InChI=1S/C16H8F3N3O/c17-16(18,19)10-2-1-3-11(7-10)21-14-12-5-4-9(8-20)6-13(12)22-15(14)23/h1-7H,(H,21,22,23). The van der Waals surface area contributed by atoms with Crippen LogP contribution < -0.4 is 5.32 Å². The number of nitrogens with zero attached hydrogens (tertiary/aromatic N) is 2. The Morgan fingerprint density at radius 2 is 1.91 bits per heavy atom. The van der Waals surface area contributed by atoms with Gasteiger partial charge in [0.2, 0.25) is 0 Å². The van der Waals surface area contributed by atoms with E-state index in [2.05, 4.69) is 10.3 Å². The smallest absolute Gasteiger partial charge is 0.320 e. The number of alkyl halides is 3. The van der Waals surface area contributed by atoms with Crippen LogP contribution in [-0.2, 0) is 11.0 Å². The topological polar surface area (TPSA) is 65.2 Å². The van der Waals surface area contributed by atoms with Gasteiger partial charge in [0.15, 0.2) is 0 Å². The van der Waals surface area contributed by atoms with Crippen LogP contribution in [0.5, 0.6) is 0 Å². The van der Waals surface area contributed by atoms with Crippen molar-refractivity contribution in [1.29, 1.82) is 5.26 Å². The molecule has 4 nitrogen and oxygen atoms in total. The van der Waals surface area contributed by atoms with Crippen LogP contribution in [0.25, 0.3) is 0 Å². The summed E-state index contributed by atoms with van der Waals surface area (Å²) in [6.07, 6.45) is -4.48. The van der Waals surface area contributed by atoms with Crippen molar-refractivity contribution in [3.05, 3.63) is 59.2 Å². The zero-order valence-electron chi connectivity index (χ0n) is 11.5. The molecule has 114 valence electrons. The molecule has 0 unspecified atom stereocenters. The van der Waals surface area contributed by atoms with Crippen LogP contribution in [0.4, 0.5) is 24.5 Å². The van der Waals surface area contributed by atoms with Gasteiger partial charge < -0.3 is 5.32 Å². The number of aliphatic imine (C=N–C) groups is 1. The van der Waals surface area contributed by atoms with Crippen LogP contribution >= 0.6 is 0 Å². The molecular weight excluding hydrogens is 307 g/mol. The van der Waals surface area contributed by atoms with Crippen LogP contribution in [0.1, 0.15) is 16.7 Å². The van der Waals surface area contributed by atoms with Crippen molar-refractivity contribution in [3.63, 3.8) is 0 Å². The second-order valence-corrected chi connectivity index (χ2v) is 4.83. The Kier molecular flexibility index (Phi) is 3.37. The second-order valence-electron chi connectivity index (χ2n) is 4.83. The number of carbonyl (C=O) groups is 1. The number of nitriles is 1. The first-order valence-corrected chi connectivity index (χ1v) is 6.50. The van der Waals surface area contributed by atoms with Crippen molar-refractivity contribution in [3.8, 4) is 6.07 Å². The summed E-state index contributed by atoms with van der Waals surface area (Å²) in [6.45, 7) is 0. The molecule has 0 atom stereocenters. The zero-order chi connectivity index (χ0) is 16.6. The molecule has 2 aromatic carbocycles. The number of nitrogens with one attached hydrogen (secondary N) is 1. The van der Waals surface area contributed by atoms with E-state index in [1.54, 1.807) is 0 Å². The van der Waals surface area contributed by atoms with E-state index in [-0.39, 0.29) is 11.4 Å². The predicted octanol–water partition coefficient (Wildman–Crippen LogP) is 3.65. The quantitative estimate of drug-likeness (QED) is 0.873. The highest BCUT2D eigenvalue weighted by molar-refractivity contribution is 6.54. The third kappa shape index (κ3) is 2.79. The van der Waals surface area contributed by atoms with Crippen LogP contribution in [0.3, 0.4) is 0 Å². The molecule has 1 heterocycles. The lowest BCUT2D eigenvalue weighted by Gasteiger charge is -2.06. The molecular formula is C16H8F3N3O. The van der Waals surface area contributed by atoms with Gasteiger partial charge in [0.1, 0.15) is 5.71 Å². The zero-order valence-corrected chi connectivity index (χ0v) is 11.5. The average Bonchev–Trinajstić information content (AvgIpc) is 2.82. The predicted molar refractivity (Wildman–Crippen MR) is 77.4 cm³/mol. The summed E-state index contributed by atoms with van der Waals surface area (Å²) < 4.78 is 38.2. The fraction of sp³-hybridized carbons (Fsp3) is 0.0625. The van der Waals surface area contributed by atoms with Crippen molar-refractivity contribution in [2.75, 3.05) is 5.32 Å². The third-order valence-corrected chi connectivity index (χ3v) is 3.28. The van der Waals surface area contributed by atoms with Gasteiger partial charge in [-0.1, -0.05) is 6.07 Å². The fourth-order valence-electron chi connectivity index (χ4n) is 2.22. The Balaban J connectivity index is 2.05. The average molecular weight is 315 g/mol. The van der Waals surface area contributed by atoms with E-state index < -0.39 is 17.6 Å². The summed E-state index contributed by atoms with van der Waals surface area (Å²) in [4.78, 5) is 16.0. The Morgan fingerprint density at radius 3 is 2.61 bits per heavy atom. The molecule has 0 radical (unpaired) electrons. The minimum Gasteiger partial charge on any atom is -0.320 e. The van der Waals surface area contributed by atoms with Gasteiger partial charge in [0, 0.05) is 5.56 Å². The van der Waals surface area contributed by atoms with E-state index in [9.17, 15) is 18.0 Å². The molecule has 0 aromatic heterocycles. The normalized spacial score (nSPS) is 15.2. The van der Waals surface area contributed by atoms with Crippen molar-refractivity contribution >= 4 is 23.0 Å². The van der Waals surface area contributed by atoms with E-state index in [1.807, 2.05) is 6.07 Å². The molecule has 0 spiro atoms. The highest BCUT2D eigenvalue weighted by Crippen LogP contribution is 2.32. The largest absolute Gasteiger partial charge is 0.416 e. The van der Waals surface area contributed by atoms with E-state index in [4.69, 9.17) is 5.26 Å². The number of fused-ring (bicyclic) bond motifs is 1. The molecule has 3 rings (SSSR count). The molecule has 1 amide bonds. The lowest BCUT2D eigenvalue weighted by molar-refractivity contribution is -0.137. The van der Waals surface area contributed by atoms with Gasteiger partial charge in [-0.2, -0.15) is 18.4 Å². The SMILES string of the molecule is N#Cc1ccc2c(c1)NC(=O)C2=Nc1cccc(C(F)(F)F)c1. The Hall–Kier alpha value is -3.14. The maximum atomic E-state index is 12.7. The monoisotopic (exact) mass is 315 g/mol. The molecule has 0 fully saturated rings. The number of amides is 1. The number of hydrogen-bond donors (Lipinski definition) is 1. The molecule has 1 aliphatic rings. The van der Waals surface area contributed by atoms with E-state index in [0.29, 0.717) is 16.8 Å². The number of rotatable bonds is 1. The highest BCUT2D eigenvalue weighted by Gasteiger charge is 2.31. The summed E-state index contributed by atoms with van der Waals surface area (Å²) in [5.74, 6) is -0.521. The van der Waals surface area contributed by atoms with Crippen LogP contribution in [0, 0.1) is 11.3 Å². The molecule has 1 N–H and O–H groups in total. The first-order valence-electron chi connectivity index (χ1n) is 6.50. The molecule has 23 heavy (non-hydrogen) atoms. The molecule has 1 aliphatic heterocycles. The minimum atomic E-state index is -4.48. The summed E-state index contributed by atoms with van der Waals surface area (Å²) in [6, 6.07) is 10.9. The van der Waals surface area contributed by atoms with E-state index in [0.717, 1.165) is 12.1 Å². The molecule has 0 aliphatic carbocycles. The lowest BCUT2D eigenvalue weighted by Crippen LogP contribution is -2.14. The fourth-order valence-corrected chi connectivity index (χ4v) is 2.22. The third-order valence-electron chi connectivity index (χ3n) is 3.28. The number of hydrogen-bond acceptors (Lipinski definition) is 3. The second kappa shape index (κ2) is 5.25. The summed E-state index contributed by atoms with van der Waals surface area (Å²) in [5, 5.41) is 11.4. The van der Waals surface area contributed by atoms with E-state index >= 15 is 0 Å². The number of halogens is 3. The van der Waals surface area contributed by atoms with Gasteiger partial charge in [-0.15, -0.1) is 0 Å². The minimum absolute atomic E-state index is 0.0174. The van der Waals surface area contributed by atoms with Gasteiger partial charge in [0.25, 0.3) is 5.91 Å². The molecule has 0 saturated heterocycles. The Labute approximate surface area is 128 Å². The summed E-state index contributed by atoms with van der Waals surface area (Å²) >= 11 is 0. The molecule has 0 saturated carbocycles. The first-order chi connectivity index (χ1) is 10.9. The van der Waals surface area contributed by atoms with Crippen LogP contribution in [0.15, 0.2) is 47.5 Å². The van der Waals surface area contributed by atoms with Crippen LogP contribution in [0.2, 0.25) is 0 Å². The van der Waals surface area contributed by atoms with E-state index in [1.165, 1.54) is 30.3 Å². The van der Waals surface area contributed by atoms with Crippen molar-refractivity contribution in [1.82, 2.24) is 0 Å². The first kappa shape index (κ1) is 14.8. The molecule has 0 bridgehead atoms. The summed E-state index contributed by atoms with van der Waals surface area (Å²) in [7, 11) is 0.